The lowest BCUT2D eigenvalue weighted by Gasteiger charge is -2.06. The van der Waals surface area contributed by atoms with E-state index in [1.54, 1.807) is 6.92 Å². The van der Waals surface area contributed by atoms with Crippen molar-refractivity contribution in [3.8, 4) is 0 Å². The highest BCUT2D eigenvalue weighted by molar-refractivity contribution is 6.58. The minimum atomic E-state index is -1.90. The minimum Gasteiger partial charge on any atom is -0.423 e. The van der Waals surface area contributed by atoms with Gasteiger partial charge in [-0.15, -0.1) is 0 Å². The fourth-order valence-corrected chi connectivity index (χ4v) is 1.14. The molecule has 0 aliphatic heterocycles. The van der Waals surface area contributed by atoms with Crippen molar-refractivity contribution >= 4 is 12.6 Å². The van der Waals surface area contributed by atoms with Crippen molar-refractivity contribution in [1.82, 2.24) is 0 Å². The summed E-state index contributed by atoms with van der Waals surface area (Å²) in [6.45, 7) is 1.59. The van der Waals surface area contributed by atoms with Crippen molar-refractivity contribution < 1.29 is 18.8 Å². The SMILES string of the molecule is CCc1c(F)ccc(B(O)O)c1F. The Morgan fingerprint density at radius 2 is 1.92 bits per heavy atom. The van der Waals surface area contributed by atoms with Gasteiger partial charge in [0.1, 0.15) is 11.6 Å². The molecule has 2 N–H and O–H groups in total. The fraction of sp³-hybridized carbons (Fsp3) is 0.250. The Balaban J connectivity index is 3.27. The fourth-order valence-electron chi connectivity index (χ4n) is 1.14. The second kappa shape index (κ2) is 3.85. The summed E-state index contributed by atoms with van der Waals surface area (Å²) in [6, 6.07) is 2.05. The molecule has 0 amide bonds. The summed E-state index contributed by atoms with van der Waals surface area (Å²) in [4.78, 5) is 0. The lowest BCUT2D eigenvalue weighted by atomic mass is 9.78. The van der Waals surface area contributed by atoms with Gasteiger partial charge in [0.25, 0.3) is 0 Å². The smallest absolute Gasteiger partial charge is 0.423 e. The third-order valence-corrected chi connectivity index (χ3v) is 1.85. The maximum Gasteiger partial charge on any atom is 0.491 e. The summed E-state index contributed by atoms with van der Waals surface area (Å²) in [5, 5.41) is 17.4. The molecule has 0 heterocycles. The zero-order chi connectivity index (χ0) is 10.0. The van der Waals surface area contributed by atoms with Crippen molar-refractivity contribution in [2.45, 2.75) is 13.3 Å². The van der Waals surface area contributed by atoms with Gasteiger partial charge in [-0.05, 0) is 12.5 Å². The lowest BCUT2D eigenvalue weighted by molar-refractivity contribution is 0.422. The monoisotopic (exact) mass is 186 g/mol. The predicted molar refractivity (Wildman–Crippen MR) is 45.6 cm³/mol. The number of benzene rings is 1. The quantitative estimate of drug-likeness (QED) is 0.648. The van der Waals surface area contributed by atoms with E-state index in [1.165, 1.54) is 0 Å². The first-order valence-electron chi connectivity index (χ1n) is 3.90. The molecule has 70 valence electrons. The van der Waals surface area contributed by atoms with Crippen LogP contribution in [-0.4, -0.2) is 17.2 Å². The second-order valence-electron chi connectivity index (χ2n) is 2.66. The Morgan fingerprint density at radius 1 is 1.31 bits per heavy atom. The van der Waals surface area contributed by atoms with Crippen LogP contribution < -0.4 is 5.46 Å². The van der Waals surface area contributed by atoms with Gasteiger partial charge >= 0.3 is 7.12 Å². The molecule has 0 saturated carbocycles. The maximum absolute atomic E-state index is 13.2. The lowest BCUT2D eigenvalue weighted by Crippen LogP contribution is -2.33. The van der Waals surface area contributed by atoms with Crippen LogP contribution in [0.15, 0.2) is 12.1 Å². The van der Waals surface area contributed by atoms with E-state index in [9.17, 15) is 8.78 Å². The van der Waals surface area contributed by atoms with Gasteiger partial charge in [-0.3, -0.25) is 0 Å². The van der Waals surface area contributed by atoms with E-state index in [-0.39, 0.29) is 17.4 Å². The Hall–Kier alpha value is -0.935. The van der Waals surface area contributed by atoms with Gasteiger partial charge in [-0.2, -0.15) is 0 Å². The van der Waals surface area contributed by atoms with Crippen molar-refractivity contribution in [2.24, 2.45) is 0 Å². The first kappa shape index (κ1) is 10.1. The summed E-state index contributed by atoms with van der Waals surface area (Å²) < 4.78 is 26.1. The molecule has 1 aromatic rings. The van der Waals surface area contributed by atoms with Gasteiger partial charge in [-0.1, -0.05) is 13.0 Å². The van der Waals surface area contributed by atoms with Crippen LogP contribution in [0.4, 0.5) is 8.78 Å². The molecule has 0 fully saturated rings. The van der Waals surface area contributed by atoms with Crippen molar-refractivity contribution in [3.63, 3.8) is 0 Å². The number of hydrogen-bond donors (Lipinski definition) is 2. The molecule has 0 saturated heterocycles. The zero-order valence-electron chi connectivity index (χ0n) is 7.09. The highest BCUT2D eigenvalue weighted by Gasteiger charge is 2.20. The van der Waals surface area contributed by atoms with E-state index in [1.807, 2.05) is 0 Å². The third kappa shape index (κ3) is 1.87. The van der Waals surface area contributed by atoms with E-state index in [2.05, 4.69) is 0 Å². The summed E-state index contributed by atoms with van der Waals surface area (Å²) >= 11 is 0. The van der Waals surface area contributed by atoms with Crippen LogP contribution in [-0.2, 0) is 6.42 Å². The summed E-state index contributed by atoms with van der Waals surface area (Å²) in [5.74, 6) is -1.54. The molecule has 1 rings (SSSR count). The highest BCUT2D eigenvalue weighted by atomic mass is 19.1. The Morgan fingerprint density at radius 3 is 2.38 bits per heavy atom. The molecule has 5 heteroatoms. The number of hydrogen-bond acceptors (Lipinski definition) is 2. The van der Waals surface area contributed by atoms with E-state index in [0.29, 0.717) is 0 Å². The van der Waals surface area contributed by atoms with Crippen LogP contribution in [0.25, 0.3) is 0 Å². The van der Waals surface area contributed by atoms with E-state index >= 15 is 0 Å². The first-order valence-corrected chi connectivity index (χ1v) is 3.90. The van der Waals surface area contributed by atoms with Gasteiger partial charge < -0.3 is 10.0 Å². The van der Waals surface area contributed by atoms with Gasteiger partial charge in [0.15, 0.2) is 0 Å². The molecule has 0 radical (unpaired) electrons. The molecular weight excluding hydrogens is 177 g/mol. The van der Waals surface area contributed by atoms with E-state index < -0.39 is 18.8 Å². The Kier molecular flexibility index (Phi) is 3.00. The van der Waals surface area contributed by atoms with E-state index in [0.717, 1.165) is 12.1 Å². The first-order chi connectivity index (χ1) is 6.07. The molecule has 13 heavy (non-hydrogen) atoms. The normalized spacial score (nSPS) is 10.2. The molecule has 0 unspecified atom stereocenters. The number of rotatable bonds is 2. The van der Waals surface area contributed by atoms with Gasteiger partial charge in [0, 0.05) is 11.0 Å². The Labute approximate surface area is 75.0 Å². The van der Waals surface area contributed by atoms with E-state index in [4.69, 9.17) is 10.0 Å². The van der Waals surface area contributed by atoms with Gasteiger partial charge in [0.2, 0.25) is 0 Å². The maximum atomic E-state index is 13.2. The van der Waals surface area contributed by atoms with Crippen molar-refractivity contribution in [2.75, 3.05) is 0 Å². The molecule has 0 bridgehead atoms. The van der Waals surface area contributed by atoms with Crippen LogP contribution in [0.1, 0.15) is 12.5 Å². The molecule has 0 aliphatic carbocycles. The average molecular weight is 186 g/mol. The number of halogens is 2. The summed E-state index contributed by atoms with van der Waals surface area (Å²) in [7, 11) is -1.90. The summed E-state index contributed by atoms with van der Waals surface area (Å²) in [5.41, 5.74) is -0.413. The predicted octanol–water partition coefficient (Wildman–Crippen LogP) is 0.207. The van der Waals surface area contributed by atoms with Crippen molar-refractivity contribution in [3.05, 3.63) is 29.3 Å². The standard InChI is InChI=1S/C8H9BF2O2/c1-2-5-7(10)4-3-6(8(5)11)9(12)13/h3-4,12-13H,2H2,1H3. The zero-order valence-corrected chi connectivity index (χ0v) is 7.09. The average Bonchev–Trinajstić information content (AvgIpc) is 2.04. The molecular formula is C8H9BF2O2. The van der Waals surface area contributed by atoms with Crippen LogP contribution in [0, 0.1) is 11.6 Å². The minimum absolute atomic E-state index is 0.120. The van der Waals surface area contributed by atoms with Crippen LogP contribution in [0.2, 0.25) is 0 Å². The van der Waals surface area contributed by atoms with Crippen molar-refractivity contribution in [1.29, 1.82) is 0 Å². The largest absolute Gasteiger partial charge is 0.491 e. The Bertz CT molecular complexity index is 315. The van der Waals surface area contributed by atoms with Crippen LogP contribution in [0.5, 0.6) is 0 Å². The van der Waals surface area contributed by atoms with Gasteiger partial charge in [-0.25, -0.2) is 8.78 Å². The molecule has 0 spiro atoms. The molecule has 1 aromatic carbocycles. The van der Waals surface area contributed by atoms with Gasteiger partial charge in [0.05, 0.1) is 0 Å². The van der Waals surface area contributed by atoms with Crippen LogP contribution >= 0.6 is 0 Å². The topological polar surface area (TPSA) is 40.5 Å². The molecule has 0 aromatic heterocycles. The van der Waals surface area contributed by atoms with Crippen LogP contribution in [0.3, 0.4) is 0 Å². The second-order valence-corrected chi connectivity index (χ2v) is 2.66. The highest BCUT2D eigenvalue weighted by Crippen LogP contribution is 2.10. The molecule has 2 nitrogen and oxygen atoms in total. The summed E-state index contributed by atoms with van der Waals surface area (Å²) in [6.07, 6.45) is 0.179. The molecule has 0 atom stereocenters. The third-order valence-electron chi connectivity index (χ3n) is 1.85. The molecule has 0 aliphatic rings.